The molecule has 0 aliphatic rings. The van der Waals surface area contributed by atoms with Gasteiger partial charge in [-0.05, 0) is 78.9 Å². The minimum atomic E-state index is -0.769. The molecular weight excluding hydrogens is 435 g/mol. The molecule has 6 nitrogen and oxygen atoms in total. The summed E-state index contributed by atoms with van der Waals surface area (Å²) in [6, 6.07) is 14.0. The summed E-state index contributed by atoms with van der Waals surface area (Å²) in [7, 11) is 0. The third-order valence-electron chi connectivity index (χ3n) is 3.20. The Morgan fingerprint density at radius 2 is 1.76 bits per heavy atom. The van der Waals surface area contributed by atoms with E-state index in [9.17, 15) is 9.59 Å². The van der Waals surface area contributed by atoms with Crippen molar-refractivity contribution >= 4 is 34.4 Å². The predicted octanol–water partition coefficient (Wildman–Crippen LogP) is 2.92. The Bertz CT molecular complexity index is 734. The molecule has 7 heteroatoms. The molecule has 1 atom stereocenters. The van der Waals surface area contributed by atoms with Gasteiger partial charge in [-0.1, -0.05) is 6.07 Å². The summed E-state index contributed by atoms with van der Waals surface area (Å²) in [6.45, 7) is 4.09. The Morgan fingerprint density at radius 1 is 1.08 bits per heavy atom. The SMILES string of the molecule is CCOc1ccc(OC(C)C(=O)NNC(=O)c2cccc(I)c2)cc1. The molecule has 0 aromatic heterocycles. The van der Waals surface area contributed by atoms with E-state index >= 15 is 0 Å². The van der Waals surface area contributed by atoms with E-state index in [4.69, 9.17) is 9.47 Å². The van der Waals surface area contributed by atoms with Crippen LogP contribution in [0.25, 0.3) is 0 Å². The van der Waals surface area contributed by atoms with Gasteiger partial charge in [0.2, 0.25) is 0 Å². The van der Waals surface area contributed by atoms with Gasteiger partial charge in [0.1, 0.15) is 11.5 Å². The molecule has 0 saturated carbocycles. The summed E-state index contributed by atoms with van der Waals surface area (Å²) in [4.78, 5) is 24.0. The number of hydrazine groups is 1. The maximum Gasteiger partial charge on any atom is 0.279 e. The Balaban J connectivity index is 1.84. The van der Waals surface area contributed by atoms with Crippen molar-refractivity contribution < 1.29 is 19.1 Å². The summed E-state index contributed by atoms with van der Waals surface area (Å²) in [5.74, 6) is 0.430. The minimum Gasteiger partial charge on any atom is -0.494 e. The Hall–Kier alpha value is -2.29. The van der Waals surface area contributed by atoms with Crippen molar-refractivity contribution in [1.29, 1.82) is 0 Å². The van der Waals surface area contributed by atoms with Crippen molar-refractivity contribution in [3.63, 3.8) is 0 Å². The van der Waals surface area contributed by atoms with Crippen LogP contribution in [0.5, 0.6) is 11.5 Å². The average molecular weight is 454 g/mol. The van der Waals surface area contributed by atoms with E-state index in [2.05, 4.69) is 33.4 Å². The molecule has 2 aromatic rings. The lowest BCUT2D eigenvalue weighted by molar-refractivity contribution is -0.128. The van der Waals surface area contributed by atoms with Gasteiger partial charge in [0.15, 0.2) is 6.10 Å². The van der Waals surface area contributed by atoms with Crippen LogP contribution in [0.4, 0.5) is 0 Å². The topological polar surface area (TPSA) is 76.7 Å². The van der Waals surface area contributed by atoms with Gasteiger partial charge in [0.25, 0.3) is 11.8 Å². The molecule has 1 unspecified atom stereocenters. The van der Waals surface area contributed by atoms with Gasteiger partial charge in [-0.25, -0.2) is 0 Å². The Labute approximate surface area is 160 Å². The fraction of sp³-hybridized carbons (Fsp3) is 0.222. The zero-order chi connectivity index (χ0) is 18.2. The smallest absolute Gasteiger partial charge is 0.279 e. The fourth-order valence-electron chi connectivity index (χ4n) is 1.96. The van der Waals surface area contributed by atoms with E-state index in [1.165, 1.54) is 0 Å². The first kappa shape index (κ1) is 19.0. The summed E-state index contributed by atoms with van der Waals surface area (Å²) in [6.07, 6.45) is -0.769. The van der Waals surface area contributed by atoms with Crippen LogP contribution in [0, 0.1) is 3.57 Å². The van der Waals surface area contributed by atoms with E-state index in [0.29, 0.717) is 17.9 Å². The van der Waals surface area contributed by atoms with Gasteiger partial charge in [0.05, 0.1) is 6.61 Å². The number of amides is 2. The fourth-order valence-corrected chi connectivity index (χ4v) is 2.50. The first-order chi connectivity index (χ1) is 12.0. The number of hydrogen-bond donors (Lipinski definition) is 2. The van der Waals surface area contributed by atoms with Crippen LogP contribution in [-0.4, -0.2) is 24.5 Å². The molecule has 132 valence electrons. The summed E-state index contributed by atoms with van der Waals surface area (Å²) in [5, 5.41) is 0. The highest BCUT2D eigenvalue weighted by atomic mass is 127. The molecule has 0 bridgehead atoms. The largest absolute Gasteiger partial charge is 0.494 e. The highest BCUT2D eigenvalue weighted by Crippen LogP contribution is 2.18. The molecule has 0 radical (unpaired) electrons. The number of carbonyl (C=O) groups excluding carboxylic acids is 2. The van der Waals surface area contributed by atoms with E-state index in [1.54, 1.807) is 49.4 Å². The lowest BCUT2D eigenvalue weighted by Gasteiger charge is -2.15. The van der Waals surface area contributed by atoms with Crippen molar-refractivity contribution in [2.45, 2.75) is 20.0 Å². The number of benzene rings is 2. The van der Waals surface area contributed by atoms with Gasteiger partial charge >= 0.3 is 0 Å². The zero-order valence-corrected chi connectivity index (χ0v) is 16.1. The normalized spacial score (nSPS) is 11.3. The lowest BCUT2D eigenvalue weighted by Crippen LogP contribution is -2.47. The van der Waals surface area contributed by atoms with Crippen molar-refractivity contribution in [2.75, 3.05) is 6.61 Å². The molecule has 2 rings (SSSR count). The minimum absolute atomic E-state index is 0.389. The maximum absolute atomic E-state index is 12.0. The molecule has 0 spiro atoms. The first-order valence-corrected chi connectivity index (χ1v) is 8.82. The van der Waals surface area contributed by atoms with E-state index in [0.717, 1.165) is 9.32 Å². The number of carbonyl (C=O) groups is 2. The molecule has 0 aliphatic carbocycles. The van der Waals surface area contributed by atoms with E-state index in [-0.39, 0.29) is 5.91 Å². The molecule has 0 saturated heterocycles. The second-order valence-electron chi connectivity index (χ2n) is 5.12. The standard InChI is InChI=1S/C18H19IN2O4/c1-3-24-15-7-9-16(10-8-15)25-12(2)17(22)20-21-18(23)13-5-4-6-14(19)11-13/h4-12H,3H2,1-2H3,(H,20,22)(H,21,23). The molecule has 0 heterocycles. The van der Waals surface area contributed by atoms with Gasteiger partial charge in [-0.15, -0.1) is 0 Å². The number of rotatable bonds is 6. The van der Waals surface area contributed by atoms with Crippen LogP contribution < -0.4 is 20.3 Å². The molecule has 0 aliphatic heterocycles. The molecule has 0 fully saturated rings. The third kappa shape index (κ3) is 5.93. The molecule has 2 amide bonds. The Morgan fingerprint density at radius 3 is 2.40 bits per heavy atom. The number of hydrogen-bond acceptors (Lipinski definition) is 4. The van der Waals surface area contributed by atoms with Crippen molar-refractivity contribution in [3.05, 3.63) is 57.7 Å². The predicted molar refractivity (Wildman–Crippen MR) is 102 cm³/mol. The highest BCUT2D eigenvalue weighted by Gasteiger charge is 2.16. The maximum atomic E-state index is 12.0. The van der Waals surface area contributed by atoms with Crippen LogP contribution in [0.15, 0.2) is 48.5 Å². The quantitative estimate of drug-likeness (QED) is 0.520. The van der Waals surface area contributed by atoms with Crippen LogP contribution in [-0.2, 0) is 4.79 Å². The summed E-state index contributed by atoms with van der Waals surface area (Å²) >= 11 is 2.11. The van der Waals surface area contributed by atoms with Crippen molar-refractivity contribution in [2.24, 2.45) is 0 Å². The second-order valence-corrected chi connectivity index (χ2v) is 6.36. The third-order valence-corrected chi connectivity index (χ3v) is 3.87. The first-order valence-electron chi connectivity index (χ1n) is 7.75. The van der Waals surface area contributed by atoms with Gasteiger partial charge in [-0.3, -0.25) is 20.4 Å². The summed E-state index contributed by atoms with van der Waals surface area (Å²) < 4.78 is 11.8. The van der Waals surface area contributed by atoms with Crippen LogP contribution >= 0.6 is 22.6 Å². The average Bonchev–Trinajstić information content (AvgIpc) is 2.61. The van der Waals surface area contributed by atoms with Crippen LogP contribution in [0.1, 0.15) is 24.2 Å². The van der Waals surface area contributed by atoms with Crippen LogP contribution in [0.3, 0.4) is 0 Å². The molecule has 2 N–H and O–H groups in total. The van der Waals surface area contributed by atoms with Gasteiger partial charge in [0, 0.05) is 9.13 Å². The number of nitrogens with one attached hydrogen (secondary N) is 2. The number of ether oxygens (including phenoxy) is 2. The van der Waals surface area contributed by atoms with Crippen LogP contribution in [0.2, 0.25) is 0 Å². The molecule has 2 aromatic carbocycles. The Kier molecular flexibility index (Phi) is 7.05. The van der Waals surface area contributed by atoms with E-state index < -0.39 is 12.0 Å². The van der Waals surface area contributed by atoms with Gasteiger partial charge in [-0.2, -0.15) is 0 Å². The van der Waals surface area contributed by atoms with Gasteiger partial charge < -0.3 is 9.47 Å². The lowest BCUT2D eigenvalue weighted by atomic mass is 10.2. The zero-order valence-electron chi connectivity index (χ0n) is 13.9. The molecule has 25 heavy (non-hydrogen) atoms. The van der Waals surface area contributed by atoms with Crippen molar-refractivity contribution in [1.82, 2.24) is 10.9 Å². The number of halogens is 1. The van der Waals surface area contributed by atoms with E-state index in [1.807, 2.05) is 13.0 Å². The monoisotopic (exact) mass is 454 g/mol. The summed E-state index contributed by atoms with van der Waals surface area (Å²) in [5.41, 5.74) is 5.20. The highest BCUT2D eigenvalue weighted by molar-refractivity contribution is 14.1. The molecular formula is C18H19IN2O4. The second kappa shape index (κ2) is 9.26. The van der Waals surface area contributed by atoms with Crippen molar-refractivity contribution in [3.8, 4) is 11.5 Å².